The number of carboxylic acids is 1. The maximum Gasteiger partial charge on any atom is 0.339 e. The van der Waals surface area contributed by atoms with Crippen LogP contribution in [0.1, 0.15) is 31.1 Å². The summed E-state index contributed by atoms with van der Waals surface area (Å²) in [5, 5.41) is 18.5. The molecule has 0 atom stereocenters. The Hall–Kier alpha value is -8.30. The van der Waals surface area contributed by atoms with Gasteiger partial charge < -0.3 is 30.5 Å². The van der Waals surface area contributed by atoms with E-state index in [9.17, 15) is 41.4 Å². The van der Waals surface area contributed by atoms with Gasteiger partial charge in [-0.15, -0.1) is 0 Å². The fourth-order valence-corrected chi connectivity index (χ4v) is 6.75. The summed E-state index contributed by atoms with van der Waals surface area (Å²) in [6, 6.07) is 44.4. The molecule has 8 aromatic carbocycles. The second-order valence-corrected chi connectivity index (χ2v) is 15.3. The second kappa shape index (κ2) is 23.2. The van der Waals surface area contributed by atoms with Gasteiger partial charge >= 0.3 is 17.9 Å². The second-order valence-electron chi connectivity index (χ2n) is 14.4. The van der Waals surface area contributed by atoms with E-state index in [0.717, 1.165) is 26.7 Å². The van der Waals surface area contributed by atoms with Crippen molar-refractivity contribution in [2.45, 2.75) is 0 Å². The minimum absolute atomic E-state index is 0.0881. The van der Waals surface area contributed by atoms with Gasteiger partial charge in [0.15, 0.2) is 0 Å². The third-order valence-corrected chi connectivity index (χ3v) is 10.3. The molecular formula is C53H39BrF5N3O6. The summed E-state index contributed by atoms with van der Waals surface area (Å²) in [5.41, 5.74) is 7.31. The minimum atomic E-state index is -1.08. The van der Waals surface area contributed by atoms with Gasteiger partial charge in [0.2, 0.25) is 0 Å². The quantitative estimate of drug-likeness (QED) is 0.0740. The number of rotatable bonds is 11. The number of carbonyl (C=O) groups is 3. The number of aromatic carboxylic acids is 1. The van der Waals surface area contributed by atoms with E-state index in [1.807, 2.05) is 0 Å². The Kier molecular flexibility index (Phi) is 16.8. The lowest BCUT2D eigenvalue weighted by Gasteiger charge is -2.13. The van der Waals surface area contributed by atoms with Crippen LogP contribution in [0.4, 0.5) is 56.1 Å². The average Bonchev–Trinajstić information content (AvgIpc) is 3.34. The molecule has 0 radical (unpaired) electrons. The fraction of sp³-hybridized carbons (Fsp3) is 0.0377. The first-order chi connectivity index (χ1) is 32.7. The highest BCUT2D eigenvalue weighted by molar-refractivity contribution is 9.10. The highest BCUT2D eigenvalue weighted by Crippen LogP contribution is 2.31. The van der Waals surface area contributed by atoms with Crippen LogP contribution in [-0.2, 0) is 9.47 Å². The third kappa shape index (κ3) is 13.6. The Morgan fingerprint density at radius 3 is 1.01 bits per heavy atom. The standard InChI is InChI=1S/C20H15F2NO2.C19H13F2NO2.C14H11BrFNO2/c1-25-20(24)18-11-4-14(13-2-5-15(21)6-3-13)12-19(18)23-17-9-7-16(22)8-10-17;20-14-4-1-12(2-5-14)13-3-10-17(19(23)24)18(11-13)22-16-8-6-15(21)7-9-16;1-19-14(18)12-7-2-9(15)8-13(12)17-11-5-3-10(16)4-6-11/h2-12,23H,1H3;1-11,22H,(H,23,24);2-8,17H,1H3. The SMILES string of the molecule is COC(=O)c1ccc(-c2ccc(F)cc2)cc1Nc1ccc(F)cc1.COC(=O)c1ccc(Br)cc1Nc1ccc(F)cc1.O=C(O)c1ccc(-c2ccc(F)cc2)cc1Nc1ccc(F)cc1. The molecule has 68 heavy (non-hydrogen) atoms. The van der Waals surface area contributed by atoms with E-state index in [4.69, 9.17) is 9.47 Å². The van der Waals surface area contributed by atoms with Crippen LogP contribution in [0.25, 0.3) is 22.3 Å². The van der Waals surface area contributed by atoms with Gasteiger partial charge in [-0.3, -0.25) is 0 Å². The van der Waals surface area contributed by atoms with E-state index in [1.165, 1.54) is 93.1 Å². The Bertz CT molecular complexity index is 3010. The summed E-state index contributed by atoms with van der Waals surface area (Å²) < 4.78 is 75.4. The lowest BCUT2D eigenvalue weighted by atomic mass is 10.0. The molecule has 0 amide bonds. The number of methoxy groups -OCH3 is 2. The van der Waals surface area contributed by atoms with Crippen molar-refractivity contribution >= 4 is 68.0 Å². The normalized spacial score (nSPS) is 10.3. The van der Waals surface area contributed by atoms with Crippen LogP contribution in [0.3, 0.4) is 0 Å². The number of hydrogen-bond donors (Lipinski definition) is 4. The van der Waals surface area contributed by atoms with E-state index in [1.54, 1.807) is 97.1 Å². The molecule has 0 aliphatic heterocycles. The molecule has 0 spiro atoms. The molecule has 0 fully saturated rings. The van der Waals surface area contributed by atoms with Crippen molar-refractivity contribution in [1.82, 2.24) is 0 Å². The van der Waals surface area contributed by atoms with Crippen LogP contribution < -0.4 is 16.0 Å². The van der Waals surface area contributed by atoms with Crippen LogP contribution >= 0.6 is 15.9 Å². The highest BCUT2D eigenvalue weighted by Gasteiger charge is 2.16. The number of halogens is 6. The number of benzene rings is 8. The number of hydrogen-bond acceptors (Lipinski definition) is 8. The zero-order chi connectivity index (χ0) is 48.7. The Morgan fingerprint density at radius 2 is 0.676 bits per heavy atom. The number of esters is 2. The fourth-order valence-electron chi connectivity index (χ4n) is 6.39. The number of carbonyl (C=O) groups excluding carboxylic acids is 2. The summed E-state index contributed by atoms with van der Waals surface area (Å²) >= 11 is 3.34. The van der Waals surface area contributed by atoms with Crippen molar-refractivity contribution in [2.75, 3.05) is 30.2 Å². The monoisotopic (exact) mass is 987 g/mol. The van der Waals surface area contributed by atoms with Crippen molar-refractivity contribution in [3.8, 4) is 22.3 Å². The molecule has 0 unspecified atom stereocenters. The molecule has 0 saturated carbocycles. The smallest absolute Gasteiger partial charge is 0.339 e. The summed E-state index contributed by atoms with van der Waals surface area (Å²) in [5.74, 6) is -3.70. The molecule has 4 N–H and O–H groups in total. The van der Waals surface area contributed by atoms with E-state index in [0.29, 0.717) is 45.3 Å². The Morgan fingerprint density at radius 1 is 0.397 bits per heavy atom. The zero-order valence-electron chi connectivity index (χ0n) is 36.0. The minimum Gasteiger partial charge on any atom is -0.478 e. The number of anilines is 6. The first kappa shape index (κ1) is 49.1. The predicted molar refractivity (Wildman–Crippen MR) is 257 cm³/mol. The average molecular weight is 989 g/mol. The number of ether oxygens (including phenoxy) is 2. The van der Waals surface area contributed by atoms with Crippen LogP contribution in [0.15, 0.2) is 180 Å². The van der Waals surface area contributed by atoms with Crippen molar-refractivity contribution in [3.05, 3.63) is 226 Å². The van der Waals surface area contributed by atoms with E-state index < -0.39 is 17.9 Å². The van der Waals surface area contributed by atoms with Gasteiger partial charge in [0.1, 0.15) is 29.1 Å². The molecule has 0 aliphatic rings. The van der Waals surface area contributed by atoms with Gasteiger partial charge in [-0.2, -0.15) is 0 Å². The van der Waals surface area contributed by atoms with Gasteiger partial charge in [-0.1, -0.05) is 52.3 Å². The van der Waals surface area contributed by atoms with Gasteiger partial charge in [-0.05, 0) is 162 Å². The molecule has 0 heterocycles. The summed E-state index contributed by atoms with van der Waals surface area (Å²) in [6.45, 7) is 0. The summed E-state index contributed by atoms with van der Waals surface area (Å²) in [7, 11) is 2.63. The predicted octanol–water partition coefficient (Wildman–Crippen LogP) is 14.4. The molecule has 0 aromatic heterocycles. The van der Waals surface area contributed by atoms with Crippen molar-refractivity contribution in [3.63, 3.8) is 0 Å². The molecular weight excluding hydrogens is 949 g/mol. The van der Waals surface area contributed by atoms with Gasteiger partial charge in [-0.25, -0.2) is 36.3 Å². The largest absolute Gasteiger partial charge is 0.478 e. The Balaban J connectivity index is 0.000000170. The number of nitrogens with one attached hydrogen (secondary N) is 3. The molecule has 0 bridgehead atoms. The van der Waals surface area contributed by atoms with Crippen molar-refractivity contribution in [1.29, 1.82) is 0 Å². The third-order valence-electron chi connectivity index (χ3n) is 9.79. The molecule has 0 aliphatic carbocycles. The maximum absolute atomic E-state index is 13.1. The lowest BCUT2D eigenvalue weighted by Crippen LogP contribution is -2.06. The highest BCUT2D eigenvalue weighted by atomic mass is 79.9. The molecule has 15 heteroatoms. The van der Waals surface area contributed by atoms with Crippen LogP contribution in [-0.4, -0.2) is 37.2 Å². The van der Waals surface area contributed by atoms with Crippen LogP contribution in [0.2, 0.25) is 0 Å². The molecule has 0 saturated heterocycles. The summed E-state index contributed by atoms with van der Waals surface area (Å²) in [4.78, 5) is 35.1. The summed E-state index contributed by atoms with van der Waals surface area (Å²) in [6.07, 6.45) is 0. The first-order valence-corrected chi connectivity index (χ1v) is 21.1. The molecule has 344 valence electrons. The van der Waals surface area contributed by atoms with Crippen molar-refractivity contribution < 1.29 is 50.9 Å². The molecule has 8 aromatic rings. The molecule has 8 rings (SSSR count). The van der Waals surface area contributed by atoms with Gasteiger partial charge in [0.05, 0.1) is 48.0 Å². The van der Waals surface area contributed by atoms with Crippen LogP contribution in [0, 0.1) is 29.1 Å². The first-order valence-electron chi connectivity index (χ1n) is 20.3. The number of carboxylic acid groups (broad SMARTS) is 1. The van der Waals surface area contributed by atoms with E-state index in [2.05, 4.69) is 31.9 Å². The van der Waals surface area contributed by atoms with E-state index >= 15 is 0 Å². The van der Waals surface area contributed by atoms with Gasteiger partial charge in [0.25, 0.3) is 0 Å². The topological polar surface area (TPSA) is 126 Å². The van der Waals surface area contributed by atoms with Crippen LogP contribution in [0.5, 0.6) is 0 Å². The maximum atomic E-state index is 13.1. The Labute approximate surface area is 396 Å². The van der Waals surface area contributed by atoms with E-state index in [-0.39, 0.29) is 34.6 Å². The van der Waals surface area contributed by atoms with Crippen molar-refractivity contribution in [2.24, 2.45) is 0 Å². The molecule has 9 nitrogen and oxygen atoms in total. The zero-order valence-corrected chi connectivity index (χ0v) is 37.6. The van der Waals surface area contributed by atoms with Gasteiger partial charge in [0, 0.05) is 21.5 Å². The lowest BCUT2D eigenvalue weighted by molar-refractivity contribution is 0.0593.